The van der Waals surface area contributed by atoms with E-state index in [1.54, 1.807) is 11.3 Å². The first-order valence-corrected chi connectivity index (χ1v) is 6.88. The van der Waals surface area contributed by atoms with E-state index in [-0.39, 0.29) is 0 Å². The van der Waals surface area contributed by atoms with E-state index >= 15 is 0 Å². The number of nitrogens with zero attached hydrogens (tertiary/aromatic N) is 1. The van der Waals surface area contributed by atoms with Crippen molar-refractivity contribution in [1.82, 2.24) is 4.98 Å². The Bertz CT molecular complexity index is 319. The molecule has 4 heteroatoms. The molecule has 2 fully saturated rings. The van der Waals surface area contributed by atoms with E-state index in [0.29, 0.717) is 6.04 Å². The van der Waals surface area contributed by atoms with Crippen molar-refractivity contribution in [2.75, 3.05) is 5.32 Å². The van der Waals surface area contributed by atoms with E-state index in [1.807, 2.05) is 5.38 Å². The van der Waals surface area contributed by atoms with Gasteiger partial charge in [0.1, 0.15) is 4.60 Å². The second-order valence-electron chi connectivity index (χ2n) is 4.32. The third-order valence-corrected chi connectivity index (χ3v) is 4.51. The van der Waals surface area contributed by atoms with Gasteiger partial charge >= 0.3 is 0 Å². The summed E-state index contributed by atoms with van der Waals surface area (Å²) in [4.78, 5) is 4.39. The number of rotatable bonds is 4. The van der Waals surface area contributed by atoms with Crippen molar-refractivity contribution >= 4 is 32.4 Å². The summed E-state index contributed by atoms with van der Waals surface area (Å²) in [5.74, 6) is 1.87. The van der Waals surface area contributed by atoms with Gasteiger partial charge < -0.3 is 5.32 Å². The molecule has 1 N–H and O–H groups in total. The van der Waals surface area contributed by atoms with Crippen molar-refractivity contribution in [1.29, 1.82) is 0 Å². The Morgan fingerprint density at radius 1 is 1.36 bits per heavy atom. The molecule has 0 spiro atoms. The molecule has 1 aromatic rings. The summed E-state index contributed by atoms with van der Waals surface area (Å²) in [6.07, 6.45) is 5.67. The first-order chi connectivity index (χ1) is 6.83. The molecule has 0 aliphatic heterocycles. The molecule has 0 aromatic carbocycles. The molecule has 2 saturated carbocycles. The van der Waals surface area contributed by atoms with Gasteiger partial charge in [-0.15, -0.1) is 11.3 Å². The zero-order valence-electron chi connectivity index (χ0n) is 7.87. The molecule has 0 saturated heterocycles. The summed E-state index contributed by atoms with van der Waals surface area (Å²) in [7, 11) is 0. The Labute approximate surface area is 96.3 Å². The van der Waals surface area contributed by atoms with Crippen LogP contribution >= 0.6 is 27.3 Å². The molecule has 0 unspecified atom stereocenters. The van der Waals surface area contributed by atoms with Crippen molar-refractivity contribution in [3.05, 3.63) is 9.98 Å². The predicted molar refractivity (Wildman–Crippen MR) is 62.7 cm³/mol. The van der Waals surface area contributed by atoms with Gasteiger partial charge in [0.25, 0.3) is 0 Å². The van der Waals surface area contributed by atoms with Crippen LogP contribution < -0.4 is 5.32 Å². The molecule has 2 aliphatic rings. The highest BCUT2D eigenvalue weighted by Gasteiger charge is 2.41. The summed E-state index contributed by atoms with van der Waals surface area (Å²) in [6.45, 7) is 0. The van der Waals surface area contributed by atoms with Crippen LogP contribution in [0.5, 0.6) is 0 Å². The molecule has 1 aromatic heterocycles. The molecule has 3 rings (SSSR count). The van der Waals surface area contributed by atoms with Gasteiger partial charge in [0.05, 0.1) is 0 Å². The minimum absolute atomic E-state index is 0.716. The molecule has 0 amide bonds. The summed E-state index contributed by atoms with van der Waals surface area (Å²) in [5, 5.41) is 6.73. The largest absolute Gasteiger partial charge is 0.358 e. The molecule has 0 radical (unpaired) electrons. The van der Waals surface area contributed by atoms with Crippen molar-refractivity contribution in [2.45, 2.75) is 31.7 Å². The van der Waals surface area contributed by atoms with Gasteiger partial charge in [0, 0.05) is 11.4 Å². The Kier molecular flexibility index (Phi) is 2.28. The number of halogens is 1. The monoisotopic (exact) mass is 272 g/mol. The first-order valence-electron chi connectivity index (χ1n) is 5.20. The SMILES string of the molecule is Brc1csc(NC(C2CC2)C2CC2)n1. The van der Waals surface area contributed by atoms with Crippen molar-refractivity contribution in [2.24, 2.45) is 11.8 Å². The maximum Gasteiger partial charge on any atom is 0.183 e. The lowest BCUT2D eigenvalue weighted by atomic mass is 10.1. The molecule has 2 nitrogen and oxygen atoms in total. The smallest absolute Gasteiger partial charge is 0.183 e. The lowest BCUT2D eigenvalue weighted by Gasteiger charge is -2.16. The van der Waals surface area contributed by atoms with Crippen LogP contribution in [-0.2, 0) is 0 Å². The van der Waals surface area contributed by atoms with Gasteiger partial charge in [-0.3, -0.25) is 0 Å². The summed E-state index contributed by atoms with van der Waals surface area (Å²) >= 11 is 5.09. The van der Waals surface area contributed by atoms with Gasteiger partial charge in [-0.25, -0.2) is 4.98 Å². The molecular weight excluding hydrogens is 260 g/mol. The van der Waals surface area contributed by atoms with Crippen molar-refractivity contribution in [3.8, 4) is 0 Å². The summed E-state index contributed by atoms with van der Waals surface area (Å²) in [5.41, 5.74) is 0. The van der Waals surface area contributed by atoms with Gasteiger partial charge in [-0.05, 0) is 53.4 Å². The fourth-order valence-electron chi connectivity index (χ4n) is 1.99. The molecular formula is C10H13BrN2S. The normalized spacial score (nSPS) is 21.6. The van der Waals surface area contributed by atoms with E-state index < -0.39 is 0 Å². The number of hydrogen-bond acceptors (Lipinski definition) is 3. The number of hydrogen-bond donors (Lipinski definition) is 1. The zero-order chi connectivity index (χ0) is 9.54. The fraction of sp³-hybridized carbons (Fsp3) is 0.700. The van der Waals surface area contributed by atoms with Crippen LogP contribution in [-0.4, -0.2) is 11.0 Å². The fourth-order valence-corrected chi connectivity index (χ4v) is 3.19. The Balaban J connectivity index is 1.68. The maximum atomic E-state index is 4.39. The van der Waals surface area contributed by atoms with Gasteiger partial charge in [-0.2, -0.15) is 0 Å². The standard InChI is InChI=1S/C10H13BrN2S/c11-8-5-14-10(12-8)13-9(6-1-2-6)7-3-4-7/h5-7,9H,1-4H2,(H,12,13). The molecule has 14 heavy (non-hydrogen) atoms. The Morgan fingerprint density at radius 2 is 2.00 bits per heavy atom. The third kappa shape index (κ3) is 1.96. The first kappa shape index (κ1) is 9.16. The highest BCUT2D eigenvalue weighted by atomic mass is 79.9. The highest BCUT2D eigenvalue weighted by molar-refractivity contribution is 9.10. The summed E-state index contributed by atoms with van der Waals surface area (Å²) < 4.78 is 0.954. The van der Waals surface area contributed by atoms with Crippen LogP contribution in [0.2, 0.25) is 0 Å². The number of thiazole rings is 1. The van der Waals surface area contributed by atoms with Gasteiger partial charge in [0.2, 0.25) is 0 Å². The van der Waals surface area contributed by atoms with Crippen LogP contribution in [0, 0.1) is 11.8 Å². The van der Waals surface area contributed by atoms with Crippen molar-refractivity contribution < 1.29 is 0 Å². The number of nitrogens with one attached hydrogen (secondary N) is 1. The predicted octanol–water partition coefficient (Wildman–Crippen LogP) is 3.51. The van der Waals surface area contributed by atoms with E-state index in [4.69, 9.17) is 0 Å². The Hall–Kier alpha value is -0.0900. The van der Waals surface area contributed by atoms with Gasteiger partial charge in [-0.1, -0.05) is 0 Å². The minimum atomic E-state index is 0.716. The van der Waals surface area contributed by atoms with Crippen LogP contribution in [0.3, 0.4) is 0 Å². The van der Waals surface area contributed by atoms with Crippen LogP contribution in [0.15, 0.2) is 9.98 Å². The lowest BCUT2D eigenvalue weighted by Crippen LogP contribution is -2.23. The van der Waals surface area contributed by atoms with Crippen LogP contribution in [0.25, 0.3) is 0 Å². The average molecular weight is 273 g/mol. The van der Waals surface area contributed by atoms with E-state index in [0.717, 1.165) is 21.6 Å². The van der Waals surface area contributed by atoms with E-state index in [9.17, 15) is 0 Å². The lowest BCUT2D eigenvalue weighted by molar-refractivity contribution is 0.567. The minimum Gasteiger partial charge on any atom is -0.358 e. The number of anilines is 1. The number of aromatic nitrogens is 1. The van der Waals surface area contributed by atoms with Crippen LogP contribution in [0.1, 0.15) is 25.7 Å². The second kappa shape index (κ2) is 3.49. The topological polar surface area (TPSA) is 24.9 Å². The van der Waals surface area contributed by atoms with Crippen LogP contribution in [0.4, 0.5) is 5.13 Å². The van der Waals surface area contributed by atoms with E-state index in [2.05, 4.69) is 26.2 Å². The zero-order valence-corrected chi connectivity index (χ0v) is 10.3. The molecule has 76 valence electrons. The highest BCUT2D eigenvalue weighted by Crippen LogP contribution is 2.46. The Morgan fingerprint density at radius 3 is 2.43 bits per heavy atom. The molecule has 0 bridgehead atoms. The molecule has 2 aliphatic carbocycles. The molecule has 1 heterocycles. The third-order valence-electron chi connectivity index (χ3n) is 3.03. The summed E-state index contributed by atoms with van der Waals surface area (Å²) in [6, 6.07) is 0.716. The molecule has 0 atom stereocenters. The average Bonchev–Trinajstić information content (AvgIpc) is 3.04. The second-order valence-corrected chi connectivity index (χ2v) is 5.99. The van der Waals surface area contributed by atoms with Crippen molar-refractivity contribution in [3.63, 3.8) is 0 Å². The maximum absolute atomic E-state index is 4.39. The quantitative estimate of drug-likeness (QED) is 0.908. The van der Waals surface area contributed by atoms with Gasteiger partial charge in [0.15, 0.2) is 5.13 Å². The van der Waals surface area contributed by atoms with E-state index in [1.165, 1.54) is 25.7 Å².